The predicted molar refractivity (Wildman–Crippen MR) is 82.6 cm³/mol. The minimum Gasteiger partial charge on any atom is -0.350 e. The fraction of sp³-hybridized carbons (Fsp3) is 0.467. The molecule has 0 aliphatic rings. The second-order valence-corrected chi connectivity index (χ2v) is 4.70. The quantitative estimate of drug-likeness (QED) is 0.565. The zero-order valence-corrected chi connectivity index (χ0v) is 12.3. The Morgan fingerprint density at radius 3 is 2.60 bits per heavy atom. The molecular formula is C15H24N4O. The maximum atomic E-state index is 10.5. The van der Waals surface area contributed by atoms with E-state index in [-0.39, 0.29) is 0 Å². The number of primary amides is 1. The monoisotopic (exact) mass is 276 g/mol. The fourth-order valence-electron chi connectivity index (χ4n) is 1.87. The van der Waals surface area contributed by atoms with Crippen LogP contribution >= 0.6 is 0 Å². The largest absolute Gasteiger partial charge is 0.350 e. The Morgan fingerprint density at radius 2 is 2.05 bits per heavy atom. The predicted octanol–water partition coefficient (Wildman–Crippen LogP) is 2.31. The van der Waals surface area contributed by atoms with Crippen LogP contribution in [0.2, 0.25) is 0 Å². The Balaban J connectivity index is 2.52. The van der Waals surface area contributed by atoms with Crippen molar-refractivity contribution in [3.8, 4) is 0 Å². The lowest BCUT2D eigenvalue weighted by molar-refractivity contribution is 0.249. The summed E-state index contributed by atoms with van der Waals surface area (Å²) in [7, 11) is 0. The molecule has 0 unspecified atom stereocenters. The minimum atomic E-state index is -0.660. The van der Waals surface area contributed by atoms with Gasteiger partial charge in [-0.1, -0.05) is 44.5 Å². The van der Waals surface area contributed by atoms with Crippen molar-refractivity contribution in [3.63, 3.8) is 0 Å². The van der Waals surface area contributed by atoms with Crippen LogP contribution in [0.25, 0.3) is 0 Å². The van der Waals surface area contributed by atoms with Crippen molar-refractivity contribution in [3.05, 3.63) is 35.4 Å². The van der Waals surface area contributed by atoms with E-state index in [1.54, 1.807) is 6.21 Å². The summed E-state index contributed by atoms with van der Waals surface area (Å²) in [6.07, 6.45) is 4.03. The lowest BCUT2D eigenvalue weighted by Gasteiger charge is -2.20. The van der Waals surface area contributed by atoms with E-state index in [4.69, 9.17) is 5.73 Å². The molecule has 0 saturated carbocycles. The molecule has 3 N–H and O–H groups in total. The smallest absolute Gasteiger partial charge is 0.332 e. The number of hydrogen-bond acceptors (Lipinski definition) is 3. The molecule has 0 bridgehead atoms. The first kappa shape index (κ1) is 16.2. The number of rotatable bonds is 8. The van der Waals surface area contributed by atoms with Gasteiger partial charge in [0.25, 0.3) is 0 Å². The highest BCUT2D eigenvalue weighted by atomic mass is 16.2. The van der Waals surface area contributed by atoms with Crippen LogP contribution in [-0.2, 0) is 6.54 Å². The second kappa shape index (κ2) is 9.09. The maximum absolute atomic E-state index is 10.5. The molecule has 0 fully saturated rings. The molecule has 1 aromatic carbocycles. The first-order valence-corrected chi connectivity index (χ1v) is 7.05. The molecule has 1 rings (SSSR count). The van der Waals surface area contributed by atoms with Crippen molar-refractivity contribution in [1.82, 2.24) is 10.3 Å². The van der Waals surface area contributed by atoms with Crippen LogP contribution in [0.4, 0.5) is 4.79 Å². The van der Waals surface area contributed by atoms with Crippen LogP contribution in [0.15, 0.2) is 29.4 Å². The van der Waals surface area contributed by atoms with E-state index in [1.807, 2.05) is 12.1 Å². The Morgan fingerprint density at radius 1 is 1.35 bits per heavy atom. The third-order valence-corrected chi connectivity index (χ3v) is 3.05. The molecule has 1 aromatic rings. The van der Waals surface area contributed by atoms with Crippen molar-refractivity contribution in [2.24, 2.45) is 10.8 Å². The average Bonchev–Trinajstić information content (AvgIpc) is 2.44. The molecule has 0 aromatic heterocycles. The maximum Gasteiger partial charge on any atom is 0.332 e. The zero-order valence-electron chi connectivity index (χ0n) is 12.3. The Bertz CT molecular complexity index is 428. The number of benzene rings is 1. The molecule has 0 saturated heterocycles. The van der Waals surface area contributed by atoms with Gasteiger partial charge in [0, 0.05) is 6.54 Å². The summed E-state index contributed by atoms with van der Waals surface area (Å²) >= 11 is 0. The van der Waals surface area contributed by atoms with Gasteiger partial charge in [-0.15, -0.1) is 0 Å². The SMILES string of the molecule is CCCCN(CC)Cc1ccc(C=NNC(N)=O)cc1. The van der Waals surface area contributed by atoms with Gasteiger partial charge in [0.1, 0.15) is 0 Å². The number of amides is 2. The molecule has 5 nitrogen and oxygen atoms in total. The van der Waals surface area contributed by atoms with Gasteiger partial charge in [0.15, 0.2) is 0 Å². The minimum absolute atomic E-state index is 0.660. The third-order valence-electron chi connectivity index (χ3n) is 3.05. The van der Waals surface area contributed by atoms with Crippen molar-refractivity contribution < 1.29 is 4.79 Å². The van der Waals surface area contributed by atoms with Crippen LogP contribution in [0, 0.1) is 0 Å². The van der Waals surface area contributed by atoms with E-state index in [0.717, 1.165) is 25.2 Å². The molecule has 0 aliphatic heterocycles. The summed E-state index contributed by atoms with van der Waals surface area (Å²) in [6, 6.07) is 7.47. The lowest BCUT2D eigenvalue weighted by Crippen LogP contribution is -2.24. The number of nitrogens with two attached hydrogens (primary N) is 1. The van der Waals surface area contributed by atoms with Crippen LogP contribution in [0.5, 0.6) is 0 Å². The molecule has 20 heavy (non-hydrogen) atoms. The molecule has 0 spiro atoms. The number of hydrogen-bond donors (Lipinski definition) is 2. The van der Waals surface area contributed by atoms with Gasteiger partial charge in [-0.2, -0.15) is 5.10 Å². The third kappa shape index (κ3) is 6.33. The van der Waals surface area contributed by atoms with Gasteiger partial charge in [-0.25, -0.2) is 10.2 Å². The normalized spacial score (nSPS) is 11.2. The van der Waals surface area contributed by atoms with E-state index in [2.05, 4.69) is 41.4 Å². The Kier molecular flexibility index (Phi) is 7.35. The van der Waals surface area contributed by atoms with Gasteiger partial charge in [-0.05, 0) is 30.6 Å². The van der Waals surface area contributed by atoms with E-state index in [1.165, 1.54) is 18.4 Å². The summed E-state index contributed by atoms with van der Waals surface area (Å²) in [6.45, 7) is 7.56. The number of unbranched alkanes of at least 4 members (excludes halogenated alkanes) is 1. The number of urea groups is 1. The number of hydrazone groups is 1. The van der Waals surface area contributed by atoms with Crippen LogP contribution in [0.1, 0.15) is 37.8 Å². The first-order chi connectivity index (χ1) is 9.65. The molecule has 5 heteroatoms. The van der Waals surface area contributed by atoms with Gasteiger partial charge >= 0.3 is 6.03 Å². The summed E-state index contributed by atoms with van der Waals surface area (Å²) in [4.78, 5) is 12.9. The van der Waals surface area contributed by atoms with Crippen LogP contribution in [-0.4, -0.2) is 30.2 Å². The van der Waals surface area contributed by atoms with Crippen molar-refractivity contribution in [2.45, 2.75) is 33.2 Å². The van der Waals surface area contributed by atoms with Crippen LogP contribution < -0.4 is 11.2 Å². The highest BCUT2D eigenvalue weighted by Crippen LogP contribution is 2.07. The van der Waals surface area contributed by atoms with E-state index >= 15 is 0 Å². The van der Waals surface area contributed by atoms with Crippen molar-refractivity contribution >= 4 is 12.2 Å². The molecule has 0 atom stereocenters. The lowest BCUT2D eigenvalue weighted by atomic mass is 10.1. The van der Waals surface area contributed by atoms with Gasteiger partial charge in [-0.3, -0.25) is 4.90 Å². The number of nitrogens with one attached hydrogen (secondary N) is 1. The standard InChI is InChI=1S/C15H24N4O/c1-3-5-10-19(4-2)12-14-8-6-13(7-9-14)11-17-18-15(16)20/h6-9,11H,3-5,10,12H2,1-2H3,(H3,16,18,20). The second-order valence-electron chi connectivity index (χ2n) is 4.70. The Labute approximate surface area is 120 Å². The van der Waals surface area contributed by atoms with Crippen molar-refractivity contribution in [1.29, 1.82) is 0 Å². The van der Waals surface area contributed by atoms with Gasteiger partial charge < -0.3 is 5.73 Å². The summed E-state index contributed by atoms with van der Waals surface area (Å²) in [5.41, 5.74) is 9.30. The number of carbonyl (C=O) groups excluding carboxylic acids is 1. The first-order valence-electron chi connectivity index (χ1n) is 7.05. The van der Waals surface area contributed by atoms with E-state index in [9.17, 15) is 4.79 Å². The summed E-state index contributed by atoms with van der Waals surface area (Å²) < 4.78 is 0. The number of carbonyl (C=O) groups is 1. The van der Waals surface area contributed by atoms with Gasteiger partial charge in [0.05, 0.1) is 6.21 Å². The molecular weight excluding hydrogens is 252 g/mol. The van der Waals surface area contributed by atoms with Crippen LogP contribution in [0.3, 0.4) is 0 Å². The summed E-state index contributed by atoms with van der Waals surface area (Å²) in [5.74, 6) is 0. The highest BCUT2D eigenvalue weighted by molar-refractivity contribution is 5.81. The fourth-order valence-corrected chi connectivity index (χ4v) is 1.87. The van der Waals surface area contributed by atoms with E-state index < -0.39 is 6.03 Å². The molecule has 2 amide bonds. The molecule has 110 valence electrons. The van der Waals surface area contributed by atoms with Crippen molar-refractivity contribution in [2.75, 3.05) is 13.1 Å². The topological polar surface area (TPSA) is 70.7 Å². The molecule has 0 heterocycles. The average molecular weight is 276 g/mol. The van der Waals surface area contributed by atoms with E-state index in [0.29, 0.717) is 0 Å². The summed E-state index contributed by atoms with van der Waals surface area (Å²) in [5, 5.41) is 3.73. The number of nitrogens with zero attached hydrogens (tertiary/aromatic N) is 2. The molecule has 0 aliphatic carbocycles. The van der Waals surface area contributed by atoms with Gasteiger partial charge in [0.2, 0.25) is 0 Å². The highest BCUT2D eigenvalue weighted by Gasteiger charge is 2.02. The Hall–Kier alpha value is -1.88. The molecule has 0 radical (unpaired) electrons. The zero-order chi connectivity index (χ0) is 14.8.